The van der Waals surface area contributed by atoms with Crippen LogP contribution in [0.15, 0.2) is 42.2 Å². The Balaban J connectivity index is 2.12. The normalized spacial score (nSPS) is 17.2. The molecule has 1 N–H and O–H groups in total. The Morgan fingerprint density at radius 3 is 2.25 bits per heavy atom. The Hall–Kier alpha value is -2.10. The second-order valence-corrected chi connectivity index (χ2v) is 8.38. The van der Waals surface area contributed by atoms with E-state index in [1.54, 1.807) is 0 Å². The number of carbonyl (C=O) groups excluding carboxylic acids is 1. The van der Waals surface area contributed by atoms with Crippen LogP contribution in [0, 0.1) is 19.3 Å². The SMILES string of the molecule is CC(=O)/C(=C(/O)C1(C)CCOCC1)c1cc(C)c(-c2ccc(Cl)cc2)cc1C. The van der Waals surface area contributed by atoms with Gasteiger partial charge in [-0.3, -0.25) is 4.79 Å². The van der Waals surface area contributed by atoms with Crippen molar-refractivity contribution in [3.8, 4) is 11.1 Å². The molecule has 28 heavy (non-hydrogen) atoms. The summed E-state index contributed by atoms with van der Waals surface area (Å²) >= 11 is 6.01. The van der Waals surface area contributed by atoms with Gasteiger partial charge in [-0.2, -0.15) is 0 Å². The molecule has 3 nitrogen and oxygen atoms in total. The predicted octanol–water partition coefficient (Wildman–Crippen LogP) is 6.30. The van der Waals surface area contributed by atoms with Crippen molar-refractivity contribution in [2.75, 3.05) is 13.2 Å². The molecule has 0 amide bonds. The molecule has 148 valence electrons. The summed E-state index contributed by atoms with van der Waals surface area (Å²) in [5.41, 5.74) is 4.97. The molecule has 3 rings (SSSR count). The fraction of sp³-hybridized carbons (Fsp3) is 0.375. The first-order valence-corrected chi connectivity index (χ1v) is 10.0. The topological polar surface area (TPSA) is 46.5 Å². The van der Waals surface area contributed by atoms with Gasteiger partial charge in [0.1, 0.15) is 5.76 Å². The molecular formula is C24H27ClO3. The van der Waals surface area contributed by atoms with Crippen LogP contribution < -0.4 is 0 Å². The van der Waals surface area contributed by atoms with Crippen molar-refractivity contribution in [3.63, 3.8) is 0 Å². The second-order valence-electron chi connectivity index (χ2n) is 7.94. The zero-order valence-corrected chi connectivity index (χ0v) is 17.7. The molecule has 1 aliphatic heterocycles. The number of carbonyl (C=O) groups is 1. The molecule has 4 heteroatoms. The number of ether oxygens (including phenoxy) is 1. The molecule has 0 unspecified atom stereocenters. The molecule has 0 saturated carbocycles. The minimum Gasteiger partial charge on any atom is -0.511 e. The smallest absolute Gasteiger partial charge is 0.163 e. The van der Waals surface area contributed by atoms with Crippen molar-refractivity contribution in [1.29, 1.82) is 0 Å². The third kappa shape index (κ3) is 4.01. The first-order valence-electron chi connectivity index (χ1n) is 9.63. The molecule has 2 aromatic rings. The maximum absolute atomic E-state index is 12.6. The average molecular weight is 399 g/mol. The number of hydrogen-bond acceptors (Lipinski definition) is 3. The molecule has 1 saturated heterocycles. The van der Waals surface area contributed by atoms with Crippen molar-refractivity contribution in [2.24, 2.45) is 5.41 Å². The summed E-state index contributed by atoms with van der Waals surface area (Å²) in [6.45, 7) is 8.74. The van der Waals surface area contributed by atoms with Crippen LogP contribution in [0.5, 0.6) is 0 Å². The molecule has 0 bridgehead atoms. The molecule has 0 spiro atoms. The molecule has 1 heterocycles. The largest absolute Gasteiger partial charge is 0.511 e. The molecular weight excluding hydrogens is 372 g/mol. The van der Waals surface area contributed by atoms with Gasteiger partial charge in [0.15, 0.2) is 5.78 Å². The molecule has 0 aromatic heterocycles. The van der Waals surface area contributed by atoms with E-state index in [0.717, 1.165) is 27.8 Å². The average Bonchev–Trinajstić information content (AvgIpc) is 2.65. The minimum atomic E-state index is -0.436. The van der Waals surface area contributed by atoms with Gasteiger partial charge in [0.2, 0.25) is 0 Å². The summed E-state index contributed by atoms with van der Waals surface area (Å²) in [5, 5.41) is 11.8. The van der Waals surface area contributed by atoms with E-state index in [9.17, 15) is 9.90 Å². The van der Waals surface area contributed by atoms with Crippen molar-refractivity contribution in [2.45, 2.75) is 40.5 Å². The highest BCUT2D eigenvalue weighted by atomic mass is 35.5. The maximum Gasteiger partial charge on any atom is 0.163 e. The number of benzene rings is 2. The lowest BCUT2D eigenvalue weighted by atomic mass is 9.76. The molecule has 0 atom stereocenters. The summed E-state index contributed by atoms with van der Waals surface area (Å²) in [6.07, 6.45) is 1.41. The predicted molar refractivity (Wildman–Crippen MR) is 115 cm³/mol. The van der Waals surface area contributed by atoms with Crippen LogP contribution in [0.25, 0.3) is 16.7 Å². The Bertz CT molecular complexity index is 920. The number of Topliss-reactive ketones (excluding diaryl/α,β-unsaturated/α-hetero) is 1. The van der Waals surface area contributed by atoms with E-state index in [-0.39, 0.29) is 11.5 Å². The van der Waals surface area contributed by atoms with Crippen LogP contribution in [0.2, 0.25) is 5.02 Å². The van der Waals surface area contributed by atoms with E-state index >= 15 is 0 Å². The molecule has 0 radical (unpaired) electrons. The highest BCUT2D eigenvalue weighted by Gasteiger charge is 2.35. The van der Waals surface area contributed by atoms with Gasteiger partial charge in [-0.05, 0) is 73.6 Å². The number of aliphatic hydroxyl groups excluding tert-OH is 1. The van der Waals surface area contributed by atoms with Crippen molar-refractivity contribution in [3.05, 3.63) is 63.9 Å². The highest BCUT2D eigenvalue weighted by molar-refractivity contribution is 6.30. The number of halogens is 1. The van der Waals surface area contributed by atoms with E-state index in [2.05, 4.69) is 6.07 Å². The van der Waals surface area contributed by atoms with Crippen LogP contribution in [0.4, 0.5) is 0 Å². The van der Waals surface area contributed by atoms with Gasteiger partial charge in [0.25, 0.3) is 0 Å². The number of allylic oxidation sites excluding steroid dienone is 2. The zero-order chi connectivity index (χ0) is 20.5. The fourth-order valence-corrected chi connectivity index (χ4v) is 4.00. The Morgan fingerprint density at radius 2 is 1.68 bits per heavy atom. The van der Waals surface area contributed by atoms with Gasteiger partial charge in [-0.15, -0.1) is 0 Å². The molecule has 1 fully saturated rings. The van der Waals surface area contributed by atoms with Crippen molar-refractivity contribution in [1.82, 2.24) is 0 Å². The first kappa shape index (κ1) is 20.6. The number of aryl methyl sites for hydroxylation is 2. The molecule has 2 aromatic carbocycles. The van der Waals surface area contributed by atoms with Gasteiger partial charge in [-0.25, -0.2) is 0 Å². The summed E-state index contributed by atoms with van der Waals surface area (Å²) in [5.74, 6) is 0.0667. The lowest BCUT2D eigenvalue weighted by Gasteiger charge is -2.34. The summed E-state index contributed by atoms with van der Waals surface area (Å²) in [6, 6.07) is 11.8. The third-order valence-electron chi connectivity index (χ3n) is 5.75. The number of hydrogen-bond donors (Lipinski definition) is 1. The lowest BCUT2D eigenvalue weighted by Crippen LogP contribution is -2.30. The number of rotatable bonds is 4. The summed E-state index contributed by atoms with van der Waals surface area (Å²) in [7, 11) is 0. The number of ketones is 1. The van der Waals surface area contributed by atoms with E-state index in [0.29, 0.717) is 36.7 Å². The standard InChI is InChI=1S/C24H27ClO3/c1-15-14-21(16(2)13-20(15)18-5-7-19(25)8-6-18)22(17(3)26)23(27)24(4)9-11-28-12-10-24/h5-8,13-14,27H,9-12H2,1-4H3/b23-22-. The van der Waals surface area contributed by atoms with Crippen molar-refractivity contribution < 1.29 is 14.6 Å². The van der Waals surface area contributed by atoms with Crippen molar-refractivity contribution >= 4 is 23.0 Å². The van der Waals surface area contributed by atoms with E-state index < -0.39 is 5.41 Å². The third-order valence-corrected chi connectivity index (χ3v) is 6.00. The monoisotopic (exact) mass is 398 g/mol. The fourth-order valence-electron chi connectivity index (χ4n) is 3.87. The summed E-state index contributed by atoms with van der Waals surface area (Å²) < 4.78 is 5.45. The van der Waals surface area contributed by atoms with Gasteiger partial charge in [-0.1, -0.05) is 42.8 Å². The van der Waals surface area contributed by atoms with E-state index in [4.69, 9.17) is 16.3 Å². The highest BCUT2D eigenvalue weighted by Crippen LogP contribution is 2.41. The van der Waals surface area contributed by atoms with Crippen LogP contribution in [0.1, 0.15) is 43.4 Å². The van der Waals surface area contributed by atoms with E-state index in [1.807, 2.05) is 51.1 Å². The minimum absolute atomic E-state index is 0.119. The Labute approximate surface area is 172 Å². The number of aliphatic hydroxyl groups is 1. The van der Waals surface area contributed by atoms with Crippen LogP contribution in [0.3, 0.4) is 0 Å². The van der Waals surface area contributed by atoms with E-state index in [1.165, 1.54) is 6.92 Å². The van der Waals surface area contributed by atoms with Gasteiger partial charge >= 0.3 is 0 Å². The summed E-state index contributed by atoms with van der Waals surface area (Å²) in [4.78, 5) is 12.6. The van der Waals surface area contributed by atoms with Gasteiger partial charge < -0.3 is 9.84 Å². The van der Waals surface area contributed by atoms with Crippen LogP contribution in [-0.4, -0.2) is 24.1 Å². The second kappa shape index (κ2) is 8.10. The zero-order valence-electron chi connectivity index (χ0n) is 16.9. The first-order chi connectivity index (χ1) is 13.2. The van der Waals surface area contributed by atoms with Crippen LogP contribution >= 0.6 is 11.6 Å². The van der Waals surface area contributed by atoms with Gasteiger partial charge in [0, 0.05) is 23.7 Å². The van der Waals surface area contributed by atoms with Gasteiger partial charge in [0.05, 0.1) is 5.57 Å². The lowest BCUT2D eigenvalue weighted by molar-refractivity contribution is -0.112. The van der Waals surface area contributed by atoms with Crippen LogP contribution in [-0.2, 0) is 9.53 Å². The molecule has 1 aliphatic rings. The Kier molecular flexibility index (Phi) is 5.97. The molecule has 0 aliphatic carbocycles. The Morgan fingerprint density at radius 1 is 1.07 bits per heavy atom. The maximum atomic E-state index is 12.6. The quantitative estimate of drug-likeness (QED) is 0.485.